The molecule has 2 amide bonds. The van der Waals surface area contributed by atoms with Gasteiger partial charge in [0.05, 0.1) is 28.2 Å². The van der Waals surface area contributed by atoms with Crippen molar-refractivity contribution in [2.24, 2.45) is 0 Å². The van der Waals surface area contributed by atoms with E-state index in [1.165, 1.54) is 18.3 Å². The topological polar surface area (TPSA) is 122 Å². The summed E-state index contributed by atoms with van der Waals surface area (Å²) >= 11 is 6.56. The van der Waals surface area contributed by atoms with Crippen LogP contribution in [0.15, 0.2) is 40.9 Å². The highest BCUT2D eigenvalue weighted by molar-refractivity contribution is 6.33. The molecule has 0 radical (unpaired) electrons. The number of aromatic nitrogens is 3. The Morgan fingerprint density at radius 2 is 2.08 bits per heavy atom. The van der Waals surface area contributed by atoms with Crippen LogP contribution in [0, 0.1) is 0 Å². The Kier molecular flexibility index (Phi) is 6.44. The highest BCUT2D eigenvalue weighted by atomic mass is 35.5. The molecule has 3 atom stereocenters. The molecular weight excluding hydrogens is 498 g/mol. The van der Waals surface area contributed by atoms with Gasteiger partial charge in [0.25, 0.3) is 5.89 Å². The molecule has 0 aliphatic carbocycles. The van der Waals surface area contributed by atoms with Gasteiger partial charge in [-0.15, -0.1) is 5.10 Å². The lowest BCUT2D eigenvalue weighted by atomic mass is 9.90. The number of hydrogen-bond acceptors (Lipinski definition) is 9. The number of carbonyl (C=O) groups is 2. The molecule has 1 aromatic carbocycles. The first-order valence-electron chi connectivity index (χ1n) is 11.2. The fourth-order valence-electron chi connectivity index (χ4n) is 4.30. The third-order valence-corrected chi connectivity index (χ3v) is 6.62. The van der Waals surface area contributed by atoms with Gasteiger partial charge in [0, 0.05) is 31.3 Å². The molecule has 2 N–H and O–H groups in total. The van der Waals surface area contributed by atoms with Crippen LogP contribution in [0.1, 0.15) is 31.2 Å². The van der Waals surface area contributed by atoms with Crippen LogP contribution in [-0.4, -0.2) is 52.2 Å². The van der Waals surface area contributed by atoms with E-state index in [-0.39, 0.29) is 41.7 Å². The number of amides is 2. The predicted molar refractivity (Wildman–Crippen MR) is 125 cm³/mol. The van der Waals surface area contributed by atoms with Crippen LogP contribution in [0.4, 0.5) is 20.5 Å². The molecule has 188 valence electrons. The number of benzene rings is 1. The molecule has 2 fully saturated rings. The molecule has 2 saturated heterocycles. The van der Waals surface area contributed by atoms with Crippen molar-refractivity contribution in [3.05, 3.63) is 47.1 Å². The summed E-state index contributed by atoms with van der Waals surface area (Å²) in [4.78, 5) is 29.5. The van der Waals surface area contributed by atoms with E-state index in [4.69, 9.17) is 16.0 Å². The molecular formula is C23H21ClF2N6O4. The van der Waals surface area contributed by atoms with Gasteiger partial charge in [-0.3, -0.25) is 14.9 Å². The predicted octanol–water partition coefficient (Wildman–Crippen LogP) is 3.60. The quantitative estimate of drug-likeness (QED) is 0.452. The maximum absolute atomic E-state index is 12.3. The number of nitrogens with one attached hydrogen (secondary N) is 2. The van der Waals surface area contributed by atoms with Gasteiger partial charge in [-0.1, -0.05) is 22.8 Å². The van der Waals surface area contributed by atoms with E-state index < -0.39 is 12.5 Å². The zero-order valence-corrected chi connectivity index (χ0v) is 19.7. The molecule has 5 rings (SSSR count). The minimum Gasteiger partial charge on any atom is -0.417 e. The van der Waals surface area contributed by atoms with E-state index in [1.54, 1.807) is 6.07 Å². The Labute approximate surface area is 209 Å². The number of pyridine rings is 1. The zero-order chi connectivity index (χ0) is 25.4. The van der Waals surface area contributed by atoms with Crippen molar-refractivity contribution in [2.75, 3.05) is 16.8 Å². The van der Waals surface area contributed by atoms with Gasteiger partial charge in [-0.05, 0) is 37.1 Å². The van der Waals surface area contributed by atoms with E-state index in [2.05, 4.69) is 35.5 Å². The monoisotopic (exact) mass is 518 g/mol. The summed E-state index contributed by atoms with van der Waals surface area (Å²) in [6.07, 6.45) is 2.07. The summed E-state index contributed by atoms with van der Waals surface area (Å²) in [7, 11) is 0. The molecule has 1 unspecified atom stereocenters. The van der Waals surface area contributed by atoms with Gasteiger partial charge in [-0.2, -0.15) is 8.78 Å². The summed E-state index contributed by atoms with van der Waals surface area (Å²) in [6, 6.07) is 8.58. The van der Waals surface area contributed by atoms with Crippen molar-refractivity contribution in [1.29, 1.82) is 0 Å². The Morgan fingerprint density at radius 3 is 2.75 bits per heavy atom. The van der Waals surface area contributed by atoms with Gasteiger partial charge < -0.3 is 19.4 Å². The molecule has 4 heterocycles. The van der Waals surface area contributed by atoms with E-state index in [9.17, 15) is 18.4 Å². The minimum atomic E-state index is -2.95. The standard InChI is InChI=1S/C23H21ClF2N6O4/c1-11-16(28-23-31-30-21(36-23)13-3-7-19(27-9-13)35-22(25)26)10-32(11)17-5-2-12(8-15(17)24)14-4-6-18(33)29-20(14)34/h2-3,5,7-9,11,14,16,22H,4,6,10H2,1H3,(H,28,31)(H,29,33,34)/t11-,14?,16+/m1/s1. The fraction of sp³-hybridized carbons (Fsp3) is 0.348. The van der Waals surface area contributed by atoms with Gasteiger partial charge >= 0.3 is 12.6 Å². The number of rotatable bonds is 7. The second kappa shape index (κ2) is 9.69. The minimum absolute atomic E-state index is 0.00382. The Morgan fingerprint density at radius 1 is 1.25 bits per heavy atom. The molecule has 0 bridgehead atoms. The average molecular weight is 519 g/mol. The SMILES string of the molecule is C[C@@H]1[C@@H](Nc2nnc(-c3ccc(OC(F)F)nc3)o2)CN1c1ccc(C2CCC(=O)NC2=O)cc1Cl. The summed E-state index contributed by atoms with van der Waals surface area (Å²) in [5.41, 5.74) is 2.07. The summed E-state index contributed by atoms with van der Waals surface area (Å²) < 4.78 is 34.4. The van der Waals surface area contributed by atoms with E-state index in [0.29, 0.717) is 30.0 Å². The van der Waals surface area contributed by atoms with Crippen LogP contribution in [0.3, 0.4) is 0 Å². The second-order valence-electron chi connectivity index (χ2n) is 8.53. The molecule has 36 heavy (non-hydrogen) atoms. The van der Waals surface area contributed by atoms with Crippen molar-refractivity contribution in [1.82, 2.24) is 20.5 Å². The van der Waals surface area contributed by atoms with Crippen molar-refractivity contribution < 1.29 is 27.5 Å². The lowest BCUT2D eigenvalue weighted by Gasteiger charge is -2.48. The van der Waals surface area contributed by atoms with Gasteiger partial charge in [0.1, 0.15) is 0 Å². The largest absolute Gasteiger partial charge is 0.417 e. The fourth-order valence-corrected chi connectivity index (χ4v) is 4.60. The van der Waals surface area contributed by atoms with Crippen LogP contribution >= 0.6 is 11.6 Å². The zero-order valence-electron chi connectivity index (χ0n) is 19.0. The molecule has 0 saturated carbocycles. The molecule has 0 spiro atoms. The normalized spacial score (nSPS) is 21.8. The molecule has 3 aromatic rings. The number of piperidine rings is 1. The highest BCUT2D eigenvalue weighted by Gasteiger charge is 2.38. The van der Waals surface area contributed by atoms with E-state index >= 15 is 0 Å². The molecule has 2 aliphatic rings. The van der Waals surface area contributed by atoms with E-state index in [1.807, 2.05) is 19.1 Å². The number of imide groups is 1. The number of hydrogen-bond donors (Lipinski definition) is 2. The first-order chi connectivity index (χ1) is 17.3. The summed E-state index contributed by atoms with van der Waals surface area (Å²) in [6.45, 7) is -0.309. The number of alkyl halides is 2. The summed E-state index contributed by atoms with van der Waals surface area (Å²) in [5, 5.41) is 14.1. The van der Waals surface area contributed by atoms with Crippen LogP contribution in [0.25, 0.3) is 11.5 Å². The average Bonchev–Trinajstić information content (AvgIpc) is 3.31. The maximum Gasteiger partial charge on any atom is 0.388 e. The third kappa shape index (κ3) is 4.81. The van der Waals surface area contributed by atoms with Crippen molar-refractivity contribution >= 4 is 35.1 Å². The number of halogens is 3. The van der Waals surface area contributed by atoms with Gasteiger partial charge in [0.2, 0.25) is 17.7 Å². The molecule has 10 nitrogen and oxygen atoms in total. The third-order valence-electron chi connectivity index (χ3n) is 6.32. The van der Waals surface area contributed by atoms with Crippen LogP contribution in [-0.2, 0) is 9.59 Å². The van der Waals surface area contributed by atoms with Crippen LogP contribution < -0.4 is 20.3 Å². The maximum atomic E-state index is 12.3. The second-order valence-corrected chi connectivity index (χ2v) is 8.94. The number of nitrogens with zero attached hydrogens (tertiary/aromatic N) is 4. The van der Waals surface area contributed by atoms with Crippen molar-refractivity contribution in [3.8, 4) is 17.3 Å². The number of ether oxygens (including phenoxy) is 1. The van der Waals surface area contributed by atoms with Crippen molar-refractivity contribution in [2.45, 2.75) is 44.4 Å². The van der Waals surface area contributed by atoms with Crippen LogP contribution in [0.5, 0.6) is 5.88 Å². The lowest BCUT2D eigenvalue weighted by Crippen LogP contribution is -2.62. The smallest absolute Gasteiger partial charge is 0.388 e. The van der Waals surface area contributed by atoms with Crippen LogP contribution in [0.2, 0.25) is 5.02 Å². The number of carbonyl (C=O) groups excluding carboxylic acids is 2. The molecule has 13 heteroatoms. The molecule has 2 aromatic heterocycles. The first kappa shape index (κ1) is 23.9. The van der Waals surface area contributed by atoms with Gasteiger partial charge in [0.15, 0.2) is 0 Å². The Bertz CT molecular complexity index is 1290. The van der Waals surface area contributed by atoms with Gasteiger partial charge in [-0.25, -0.2) is 4.98 Å². The molecule has 2 aliphatic heterocycles. The Balaban J connectivity index is 1.20. The van der Waals surface area contributed by atoms with Crippen molar-refractivity contribution in [3.63, 3.8) is 0 Å². The Hall–Kier alpha value is -3.80. The lowest BCUT2D eigenvalue weighted by molar-refractivity contribution is -0.134. The number of anilines is 2. The summed E-state index contributed by atoms with van der Waals surface area (Å²) in [5.74, 6) is -0.978. The highest BCUT2D eigenvalue weighted by Crippen LogP contribution is 2.37. The van der Waals surface area contributed by atoms with E-state index in [0.717, 1.165) is 11.3 Å². The first-order valence-corrected chi connectivity index (χ1v) is 11.6.